The first kappa shape index (κ1) is 36.7. The number of ether oxygens (including phenoxy) is 2. The first-order chi connectivity index (χ1) is 30.8. The number of amides is 2. The Morgan fingerprint density at radius 3 is 1.66 bits per heavy atom. The van der Waals surface area contributed by atoms with Gasteiger partial charge in [0.25, 0.3) is 11.8 Å². The standard InChI is InChI=1S/2C21H21FN6O2.CH4/c2*1-5-27-11-14-16(7-6-15(22)19(14)23-4)30-12(2)10-24-21(29)18-13(3)26-28-9-8-17(27)25-20(18)28;/h2*6-9,12H,5,10-11H2,1-3H3,(H,24,29);1H4/t2*12-;/m10./s1/i;1D3,5D2;. The number of nitrogens with one attached hydrogen (secondary N) is 2. The van der Waals surface area contributed by atoms with Crippen molar-refractivity contribution in [2.75, 3.05) is 35.9 Å². The van der Waals surface area contributed by atoms with E-state index in [9.17, 15) is 18.4 Å². The summed E-state index contributed by atoms with van der Waals surface area (Å²) in [5.74, 6) is -1.31. The maximum atomic E-state index is 14.6. The summed E-state index contributed by atoms with van der Waals surface area (Å²) in [6.07, 6.45) is 2.14. The van der Waals surface area contributed by atoms with E-state index >= 15 is 0 Å². The lowest BCUT2D eigenvalue weighted by Crippen LogP contribution is -2.34. The molecule has 4 bridgehead atoms. The van der Waals surface area contributed by atoms with Gasteiger partial charge in [0.1, 0.15) is 58.1 Å². The molecule has 316 valence electrons. The Hall–Kier alpha value is -7.34. The molecule has 61 heavy (non-hydrogen) atoms. The molecule has 2 aromatic carbocycles. The summed E-state index contributed by atoms with van der Waals surface area (Å²) in [6, 6.07) is 8.21. The van der Waals surface area contributed by atoms with Crippen molar-refractivity contribution in [3.63, 3.8) is 0 Å². The van der Waals surface area contributed by atoms with Crippen LogP contribution in [0.25, 0.3) is 21.0 Å². The van der Waals surface area contributed by atoms with Gasteiger partial charge in [-0.25, -0.2) is 37.5 Å². The van der Waals surface area contributed by atoms with Crippen LogP contribution in [0.4, 0.5) is 31.8 Å². The highest BCUT2D eigenvalue weighted by molar-refractivity contribution is 6.01. The molecular weight excluding hydrogens is 787 g/mol. The Balaban J connectivity index is 0.000000217. The van der Waals surface area contributed by atoms with Crippen molar-refractivity contribution in [1.82, 2.24) is 39.8 Å². The zero-order valence-corrected chi connectivity index (χ0v) is 33.2. The molecule has 4 aromatic heterocycles. The number of rotatable bonds is 2. The largest absolute Gasteiger partial charge is 0.490 e. The Bertz CT molecular complexity index is 2950. The molecule has 6 heterocycles. The smallest absolute Gasteiger partial charge is 0.257 e. The van der Waals surface area contributed by atoms with Crippen LogP contribution in [0.15, 0.2) is 48.8 Å². The second-order valence-corrected chi connectivity index (χ2v) is 14.0. The van der Waals surface area contributed by atoms with Gasteiger partial charge in [-0.2, -0.15) is 10.2 Å². The SMILES string of the molecule is C.[2H]C([2H])([2H])C([2H])([2H])N1Cc2c(ccc(F)c2[N+]#[C-])O[C@@H](C)CNC(=O)c2c(C)nn3ccc1nc23.[C-]#[N+]c1c(F)ccc2c1CN(CC)c1ccn3nc(C)c(c3n1)C(=O)NC[C@@H](C)O2. The minimum Gasteiger partial charge on any atom is -0.490 e. The fourth-order valence-electron chi connectivity index (χ4n) is 6.91. The lowest BCUT2D eigenvalue weighted by atomic mass is 10.1. The van der Waals surface area contributed by atoms with Crippen molar-refractivity contribution in [3.05, 3.63) is 117 Å². The molecule has 2 amide bonds. The van der Waals surface area contributed by atoms with E-state index in [1.807, 2.05) is 11.8 Å². The second kappa shape index (κ2) is 17.9. The molecule has 0 fully saturated rings. The van der Waals surface area contributed by atoms with E-state index in [-0.39, 0.29) is 67.0 Å². The zero-order chi connectivity index (χ0) is 47.1. The average molecular weight is 838 g/mol. The molecule has 8 rings (SSSR count). The van der Waals surface area contributed by atoms with Crippen LogP contribution >= 0.6 is 0 Å². The fraction of sp³-hybridized carbons (Fsp3) is 0.349. The average Bonchev–Trinajstić information content (AvgIpc) is 3.77. The molecule has 0 unspecified atom stereocenters. The van der Waals surface area contributed by atoms with Crippen LogP contribution in [0, 0.1) is 38.6 Å². The molecule has 0 radical (unpaired) electrons. The maximum absolute atomic E-state index is 14.6. The van der Waals surface area contributed by atoms with Gasteiger partial charge in [-0.05, 0) is 77.9 Å². The molecule has 0 spiro atoms. The summed E-state index contributed by atoms with van der Waals surface area (Å²) >= 11 is 0. The summed E-state index contributed by atoms with van der Waals surface area (Å²) in [5.41, 5.74) is 1.92. The van der Waals surface area contributed by atoms with Gasteiger partial charge in [-0.3, -0.25) is 9.59 Å². The number of anilines is 2. The van der Waals surface area contributed by atoms with Gasteiger partial charge in [0.15, 0.2) is 11.3 Å². The van der Waals surface area contributed by atoms with E-state index in [1.54, 1.807) is 44.5 Å². The van der Waals surface area contributed by atoms with E-state index in [4.69, 9.17) is 29.5 Å². The monoisotopic (exact) mass is 837 g/mol. The summed E-state index contributed by atoms with van der Waals surface area (Å²) in [4.78, 5) is 44.2. The van der Waals surface area contributed by atoms with Crippen LogP contribution in [-0.4, -0.2) is 79.3 Å². The molecule has 0 aliphatic carbocycles. The number of carbonyl (C=O) groups excluding carboxylic acids is 2. The van der Waals surface area contributed by atoms with Gasteiger partial charge >= 0.3 is 0 Å². The summed E-state index contributed by atoms with van der Waals surface area (Å²) in [6.45, 7) is 18.1. The van der Waals surface area contributed by atoms with E-state index in [0.29, 0.717) is 46.3 Å². The van der Waals surface area contributed by atoms with Crippen LogP contribution in [0.2, 0.25) is 0 Å². The zero-order valence-electron chi connectivity index (χ0n) is 38.2. The van der Waals surface area contributed by atoms with Crippen LogP contribution < -0.4 is 29.9 Å². The number of aryl methyl sites for hydroxylation is 2. The van der Waals surface area contributed by atoms with Crippen molar-refractivity contribution >= 4 is 46.1 Å². The highest BCUT2D eigenvalue weighted by Gasteiger charge is 2.26. The summed E-state index contributed by atoms with van der Waals surface area (Å²) in [5, 5.41) is 14.2. The van der Waals surface area contributed by atoms with Crippen LogP contribution in [-0.2, 0) is 13.1 Å². The van der Waals surface area contributed by atoms with Crippen molar-refractivity contribution in [1.29, 1.82) is 0 Å². The Morgan fingerprint density at radius 1 is 0.787 bits per heavy atom. The van der Waals surface area contributed by atoms with Crippen LogP contribution in [0.5, 0.6) is 11.5 Å². The molecule has 16 nitrogen and oxygen atoms in total. The van der Waals surface area contributed by atoms with Gasteiger partial charge in [0.05, 0.1) is 37.6 Å². The molecule has 6 aromatic rings. The third kappa shape index (κ3) is 8.42. The van der Waals surface area contributed by atoms with Gasteiger partial charge in [0.2, 0.25) is 11.4 Å². The number of aromatic nitrogens is 6. The topological polar surface area (TPSA) is 152 Å². The molecule has 2 N–H and O–H groups in total. The van der Waals surface area contributed by atoms with Crippen molar-refractivity contribution in [2.24, 2.45) is 0 Å². The number of carbonyl (C=O) groups is 2. The molecule has 0 saturated carbocycles. The molecule has 2 aliphatic heterocycles. The van der Waals surface area contributed by atoms with Gasteiger partial charge < -0.3 is 29.9 Å². The first-order valence-corrected chi connectivity index (χ1v) is 18.8. The lowest BCUT2D eigenvalue weighted by molar-refractivity contribution is 0.0925. The molecule has 2 atom stereocenters. The normalized spacial score (nSPS) is 18.1. The second-order valence-electron chi connectivity index (χ2n) is 14.0. The van der Waals surface area contributed by atoms with Crippen molar-refractivity contribution in [2.45, 2.75) is 74.2 Å². The summed E-state index contributed by atoms with van der Waals surface area (Å²) in [7, 11) is 0. The van der Waals surface area contributed by atoms with Gasteiger partial charge in [0, 0.05) is 56.5 Å². The number of nitrogens with zero attached hydrogens (tertiary/aromatic N) is 10. The van der Waals surface area contributed by atoms with Crippen LogP contribution in [0.1, 0.15) is 85.1 Å². The first-order valence-electron chi connectivity index (χ1n) is 21.3. The van der Waals surface area contributed by atoms with E-state index in [2.05, 4.69) is 40.5 Å². The van der Waals surface area contributed by atoms with Crippen molar-refractivity contribution < 1.29 is 34.7 Å². The molecule has 0 saturated heterocycles. The van der Waals surface area contributed by atoms with E-state index in [1.165, 1.54) is 35.0 Å². The van der Waals surface area contributed by atoms with Gasteiger partial charge in [-0.15, -0.1) is 0 Å². The highest BCUT2D eigenvalue weighted by atomic mass is 19.1. The fourth-order valence-corrected chi connectivity index (χ4v) is 6.91. The number of hydrogen-bond donors (Lipinski definition) is 2. The van der Waals surface area contributed by atoms with Crippen molar-refractivity contribution in [3.8, 4) is 11.5 Å². The molecule has 18 heteroatoms. The minimum absolute atomic E-state index is 0. The Kier molecular flexibility index (Phi) is 10.8. The molecular formula is C43H46F2N12O4. The third-order valence-electron chi connectivity index (χ3n) is 9.89. The number of hydrogen-bond acceptors (Lipinski definition) is 10. The highest BCUT2D eigenvalue weighted by Crippen LogP contribution is 2.36. The Morgan fingerprint density at radius 2 is 1.23 bits per heavy atom. The predicted molar refractivity (Wildman–Crippen MR) is 226 cm³/mol. The number of halogens is 2. The third-order valence-corrected chi connectivity index (χ3v) is 9.89. The predicted octanol–water partition coefficient (Wildman–Crippen LogP) is 7.17. The maximum Gasteiger partial charge on any atom is 0.257 e. The van der Waals surface area contributed by atoms with E-state index in [0.717, 1.165) is 11.0 Å². The number of fused-ring (bicyclic) bond motifs is 4. The lowest BCUT2D eigenvalue weighted by Gasteiger charge is -2.25. The minimum atomic E-state index is -3.15. The van der Waals surface area contributed by atoms with Crippen LogP contribution in [0.3, 0.4) is 0 Å². The van der Waals surface area contributed by atoms with Gasteiger partial charge in [-0.1, -0.05) is 7.43 Å². The van der Waals surface area contributed by atoms with E-state index < -0.39 is 55.3 Å². The Labute approximate surface area is 358 Å². The number of benzene rings is 2. The molecule has 2 aliphatic rings. The quantitative estimate of drug-likeness (QED) is 0.172. The summed E-state index contributed by atoms with van der Waals surface area (Å²) < 4.78 is 84.1.